The molecule has 9 nitrogen and oxygen atoms in total. The normalized spacial score (nSPS) is 13.4. The molecule has 0 unspecified atom stereocenters. The summed E-state index contributed by atoms with van der Waals surface area (Å²) < 4.78 is 25.2. The maximum atomic E-state index is 13.0. The van der Waals surface area contributed by atoms with Gasteiger partial charge in [0.2, 0.25) is 0 Å². The Labute approximate surface area is 275 Å². The smallest absolute Gasteiger partial charge is 0.360 e. The van der Waals surface area contributed by atoms with Crippen LogP contribution in [0, 0.1) is 0 Å². The summed E-state index contributed by atoms with van der Waals surface area (Å²) in [5.74, 6) is 0.822. The minimum Gasteiger partial charge on any atom is -0.488 e. The number of hydrogen-bond donors (Lipinski definition) is 0. The molecule has 0 bridgehead atoms. The number of esters is 1. The molecule has 0 radical (unpaired) electrons. The van der Waals surface area contributed by atoms with E-state index in [0.717, 1.165) is 60.9 Å². The van der Waals surface area contributed by atoms with Gasteiger partial charge in [-0.25, -0.2) is 9.48 Å². The Kier molecular flexibility index (Phi) is 10.2. The molecule has 5 aromatic rings. The van der Waals surface area contributed by atoms with Crippen LogP contribution in [0.15, 0.2) is 97.1 Å². The molecule has 47 heavy (non-hydrogen) atoms. The van der Waals surface area contributed by atoms with Gasteiger partial charge in [0, 0.05) is 31.3 Å². The van der Waals surface area contributed by atoms with Crippen molar-refractivity contribution in [2.75, 3.05) is 33.4 Å². The second kappa shape index (κ2) is 15.1. The Morgan fingerprint density at radius 2 is 1.43 bits per heavy atom. The Morgan fingerprint density at radius 1 is 0.809 bits per heavy atom. The molecule has 0 amide bonds. The molecule has 0 atom stereocenters. The van der Waals surface area contributed by atoms with Gasteiger partial charge in [0.15, 0.2) is 5.69 Å². The first-order valence-electron chi connectivity index (χ1n) is 16.0. The summed E-state index contributed by atoms with van der Waals surface area (Å²) >= 11 is 0. The summed E-state index contributed by atoms with van der Waals surface area (Å²) in [6, 6.07) is 32.2. The van der Waals surface area contributed by atoms with Crippen molar-refractivity contribution in [2.24, 2.45) is 0 Å². The second-order valence-electron chi connectivity index (χ2n) is 11.8. The van der Waals surface area contributed by atoms with E-state index in [4.69, 9.17) is 18.9 Å². The third-order valence-corrected chi connectivity index (χ3v) is 8.20. The highest BCUT2D eigenvalue weighted by Crippen LogP contribution is 2.39. The van der Waals surface area contributed by atoms with Crippen LogP contribution in [0.5, 0.6) is 11.5 Å². The van der Waals surface area contributed by atoms with Gasteiger partial charge in [0.05, 0.1) is 20.3 Å². The zero-order valence-corrected chi connectivity index (χ0v) is 27.1. The molecule has 9 heteroatoms. The van der Waals surface area contributed by atoms with Gasteiger partial charge >= 0.3 is 5.97 Å². The van der Waals surface area contributed by atoms with E-state index >= 15 is 0 Å². The van der Waals surface area contributed by atoms with Crippen molar-refractivity contribution >= 4 is 5.97 Å². The number of nitrogens with zero attached hydrogens (tertiary/aromatic N) is 4. The molecular weight excluding hydrogens is 592 g/mol. The molecule has 6 rings (SSSR count). The zero-order valence-electron chi connectivity index (χ0n) is 27.1. The minimum absolute atomic E-state index is 0.120. The third-order valence-electron chi connectivity index (χ3n) is 8.20. The predicted molar refractivity (Wildman–Crippen MR) is 180 cm³/mol. The number of ether oxygens (including phenoxy) is 4. The molecule has 1 fully saturated rings. The molecule has 4 aromatic carbocycles. The highest BCUT2D eigenvalue weighted by molar-refractivity contribution is 5.94. The van der Waals surface area contributed by atoms with Gasteiger partial charge in [0.1, 0.15) is 36.1 Å². The number of carbonyl (C=O) groups excluding carboxylic acids is 1. The number of hydrogen-bond acceptors (Lipinski definition) is 8. The molecule has 1 aromatic heterocycles. The molecule has 0 aliphatic carbocycles. The molecule has 242 valence electrons. The highest BCUT2D eigenvalue weighted by atomic mass is 16.5. The Hall–Kier alpha value is -4.99. The van der Waals surface area contributed by atoms with E-state index in [0.29, 0.717) is 30.3 Å². The van der Waals surface area contributed by atoms with E-state index in [2.05, 4.69) is 41.2 Å². The maximum Gasteiger partial charge on any atom is 0.360 e. The molecule has 0 spiro atoms. The van der Waals surface area contributed by atoms with Crippen LogP contribution >= 0.6 is 0 Å². The van der Waals surface area contributed by atoms with Gasteiger partial charge in [-0.15, -0.1) is 5.10 Å². The summed E-state index contributed by atoms with van der Waals surface area (Å²) in [6.07, 6.45) is 0. The third kappa shape index (κ3) is 7.70. The Bertz CT molecular complexity index is 1770. The SMILES string of the molecule is COC(=O)c1nnn(-c2cc(C(C)C)c(OCc3ccccc3)cc2OCc2ccccc2)c1-c1ccc(CN2CCOCC2)cc1. The average Bonchev–Trinajstić information content (AvgIpc) is 3.56. The van der Waals surface area contributed by atoms with Crippen LogP contribution < -0.4 is 9.47 Å². The molecular formula is C38H40N4O5. The van der Waals surface area contributed by atoms with Crippen molar-refractivity contribution < 1.29 is 23.7 Å². The van der Waals surface area contributed by atoms with Crippen LogP contribution in [0.4, 0.5) is 0 Å². The van der Waals surface area contributed by atoms with Crippen LogP contribution in [-0.2, 0) is 29.2 Å². The van der Waals surface area contributed by atoms with Gasteiger partial charge in [-0.3, -0.25) is 4.90 Å². The highest BCUT2D eigenvalue weighted by Gasteiger charge is 2.26. The van der Waals surface area contributed by atoms with Gasteiger partial charge in [0.25, 0.3) is 0 Å². The predicted octanol–water partition coefficient (Wildman–Crippen LogP) is 6.83. The summed E-state index contributed by atoms with van der Waals surface area (Å²) in [7, 11) is 1.35. The monoisotopic (exact) mass is 632 g/mol. The Balaban J connectivity index is 1.42. The van der Waals surface area contributed by atoms with Gasteiger partial charge < -0.3 is 18.9 Å². The largest absolute Gasteiger partial charge is 0.488 e. The second-order valence-corrected chi connectivity index (χ2v) is 11.8. The number of methoxy groups -OCH3 is 1. The first kappa shape index (κ1) is 32.0. The van der Waals surface area contributed by atoms with Crippen LogP contribution in [0.25, 0.3) is 16.9 Å². The first-order valence-corrected chi connectivity index (χ1v) is 16.0. The topological polar surface area (TPSA) is 87.9 Å². The van der Waals surface area contributed by atoms with E-state index in [-0.39, 0.29) is 11.6 Å². The quantitative estimate of drug-likeness (QED) is 0.138. The fourth-order valence-electron chi connectivity index (χ4n) is 5.62. The molecule has 2 heterocycles. The van der Waals surface area contributed by atoms with Gasteiger partial charge in [-0.2, -0.15) is 0 Å². The number of carbonyl (C=O) groups is 1. The lowest BCUT2D eigenvalue weighted by atomic mass is 10.00. The van der Waals surface area contributed by atoms with Crippen LogP contribution in [0.1, 0.15) is 52.5 Å². The Morgan fingerprint density at radius 3 is 2.02 bits per heavy atom. The fourth-order valence-corrected chi connectivity index (χ4v) is 5.62. The molecule has 1 aliphatic rings. The van der Waals surface area contributed by atoms with E-state index in [1.165, 1.54) is 12.7 Å². The van der Waals surface area contributed by atoms with E-state index in [1.54, 1.807) is 4.68 Å². The minimum atomic E-state index is -0.567. The van der Waals surface area contributed by atoms with Crippen molar-refractivity contribution in [1.29, 1.82) is 0 Å². The lowest BCUT2D eigenvalue weighted by molar-refractivity contribution is 0.0342. The number of aromatic nitrogens is 3. The summed E-state index contributed by atoms with van der Waals surface area (Å²) in [4.78, 5) is 15.4. The van der Waals surface area contributed by atoms with Crippen molar-refractivity contribution in [3.05, 3.63) is 125 Å². The number of morpholine rings is 1. The summed E-state index contributed by atoms with van der Waals surface area (Å²) in [5.41, 5.74) is 6.30. The zero-order chi connectivity index (χ0) is 32.6. The van der Waals surface area contributed by atoms with E-state index < -0.39 is 5.97 Å². The first-order chi connectivity index (χ1) is 23.0. The van der Waals surface area contributed by atoms with E-state index in [9.17, 15) is 4.79 Å². The molecule has 0 N–H and O–H groups in total. The maximum absolute atomic E-state index is 13.0. The summed E-state index contributed by atoms with van der Waals surface area (Å²) in [6.45, 7) is 9.10. The van der Waals surface area contributed by atoms with E-state index in [1.807, 2.05) is 84.9 Å². The van der Waals surface area contributed by atoms with Crippen LogP contribution in [-0.4, -0.2) is 59.3 Å². The fraction of sp³-hybridized carbons (Fsp3) is 0.289. The molecule has 1 aliphatic heterocycles. The van der Waals surface area contributed by atoms with Crippen molar-refractivity contribution in [3.63, 3.8) is 0 Å². The van der Waals surface area contributed by atoms with Crippen molar-refractivity contribution in [1.82, 2.24) is 19.9 Å². The lowest BCUT2D eigenvalue weighted by Gasteiger charge is -2.26. The van der Waals surface area contributed by atoms with Crippen molar-refractivity contribution in [2.45, 2.75) is 39.5 Å². The van der Waals surface area contributed by atoms with Crippen LogP contribution in [0.3, 0.4) is 0 Å². The van der Waals surface area contributed by atoms with Gasteiger partial charge in [-0.05, 0) is 34.2 Å². The molecule has 0 saturated carbocycles. The number of rotatable bonds is 12. The standard InChI is InChI=1S/C38H40N4O5/c1-27(2)32-22-33(35(47-26-30-12-8-5-9-13-30)23-34(32)46-25-29-10-6-4-7-11-29)42-37(36(39-40-42)38(43)44-3)31-16-14-28(15-17-31)24-41-18-20-45-21-19-41/h4-17,22-23,27H,18-21,24-26H2,1-3H3. The average molecular weight is 633 g/mol. The van der Waals surface area contributed by atoms with Gasteiger partial charge in [-0.1, -0.05) is 104 Å². The van der Waals surface area contributed by atoms with Crippen LogP contribution in [0.2, 0.25) is 0 Å². The molecule has 1 saturated heterocycles. The van der Waals surface area contributed by atoms with Crippen molar-refractivity contribution in [3.8, 4) is 28.4 Å². The lowest BCUT2D eigenvalue weighted by Crippen LogP contribution is -2.35. The summed E-state index contributed by atoms with van der Waals surface area (Å²) in [5, 5.41) is 8.83. The number of benzene rings is 4.